The summed E-state index contributed by atoms with van der Waals surface area (Å²) in [7, 11) is -5.84. The largest absolute Gasteiger partial charge is 0.522 e. The number of hydrogen-bond donors (Lipinski definition) is 2. The standard InChI is InChI=1S/C8H9NO.CHF3O3S/c1-7(9-10)8-5-3-2-4-6-8;2-1(3,4)8(5,6)7/h2-6,10H,1H3;(H,5,6,7). The molecule has 102 valence electrons. The molecular weight excluding hydrogens is 275 g/mol. The minimum Gasteiger partial charge on any atom is -0.411 e. The van der Waals surface area contributed by atoms with E-state index in [1.54, 1.807) is 6.92 Å². The van der Waals surface area contributed by atoms with Crippen molar-refractivity contribution in [2.24, 2.45) is 5.16 Å². The van der Waals surface area contributed by atoms with Crippen molar-refractivity contribution in [3.63, 3.8) is 0 Å². The molecule has 18 heavy (non-hydrogen) atoms. The highest BCUT2D eigenvalue weighted by molar-refractivity contribution is 7.86. The van der Waals surface area contributed by atoms with Crippen LogP contribution in [-0.2, 0) is 10.1 Å². The van der Waals surface area contributed by atoms with Crippen molar-refractivity contribution in [1.29, 1.82) is 0 Å². The van der Waals surface area contributed by atoms with E-state index in [2.05, 4.69) is 5.16 Å². The van der Waals surface area contributed by atoms with Crippen molar-refractivity contribution < 1.29 is 31.3 Å². The predicted molar refractivity (Wildman–Crippen MR) is 58.0 cm³/mol. The molecule has 0 saturated carbocycles. The Morgan fingerprint density at radius 2 is 1.61 bits per heavy atom. The zero-order valence-corrected chi connectivity index (χ0v) is 9.90. The summed E-state index contributed by atoms with van der Waals surface area (Å²) in [6.07, 6.45) is 0. The second-order valence-corrected chi connectivity index (χ2v) is 4.39. The summed E-state index contributed by atoms with van der Waals surface area (Å²) in [5.74, 6) is 0. The molecule has 0 aliphatic carbocycles. The fourth-order valence-corrected chi connectivity index (χ4v) is 0.737. The highest BCUT2D eigenvalue weighted by atomic mass is 32.2. The van der Waals surface area contributed by atoms with Crippen LogP contribution in [0.4, 0.5) is 13.2 Å². The molecule has 0 atom stereocenters. The zero-order valence-electron chi connectivity index (χ0n) is 9.09. The van der Waals surface area contributed by atoms with Crippen LogP contribution in [0.5, 0.6) is 0 Å². The molecule has 0 aromatic heterocycles. The Kier molecular flexibility index (Phi) is 5.79. The Hall–Kier alpha value is -1.61. The second kappa shape index (κ2) is 6.36. The van der Waals surface area contributed by atoms with Gasteiger partial charge in [0.25, 0.3) is 0 Å². The average molecular weight is 285 g/mol. The van der Waals surface area contributed by atoms with E-state index < -0.39 is 15.6 Å². The van der Waals surface area contributed by atoms with E-state index in [-0.39, 0.29) is 0 Å². The molecule has 0 aliphatic rings. The van der Waals surface area contributed by atoms with Crippen LogP contribution in [0.3, 0.4) is 0 Å². The van der Waals surface area contributed by atoms with Gasteiger partial charge >= 0.3 is 15.6 Å². The molecule has 0 aliphatic heterocycles. The molecular formula is C9H10F3NO4S. The average Bonchev–Trinajstić information content (AvgIpc) is 2.27. The van der Waals surface area contributed by atoms with Gasteiger partial charge in [-0.15, -0.1) is 0 Å². The molecule has 0 saturated heterocycles. The van der Waals surface area contributed by atoms with E-state index in [0.717, 1.165) is 5.56 Å². The van der Waals surface area contributed by atoms with Gasteiger partial charge < -0.3 is 5.21 Å². The van der Waals surface area contributed by atoms with Gasteiger partial charge in [-0.05, 0) is 12.5 Å². The number of benzene rings is 1. The first-order valence-corrected chi connectivity index (χ1v) is 5.81. The number of alkyl halides is 3. The van der Waals surface area contributed by atoms with E-state index in [9.17, 15) is 13.2 Å². The van der Waals surface area contributed by atoms with Gasteiger partial charge in [0.2, 0.25) is 0 Å². The van der Waals surface area contributed by atoms with Gasteiger partial charge in [0.05, 0.1) is 5.71 Å². The van der Waals surface area contributed by atoms with Gasteiger partial charge in [-0.2, -0.15) is 21.6 Å². The van der Waals surface area contributed by atoms with Crippen LogP contribution in [0.2, 0.25) is 0 Å². The monoisotopic (exact) mass is 285 g/mol. The van der Waals surface area contributed by atoms with Crippen LogP contribution in [0, 0.1) is 0 Å². The summed E-state index contributed by atoms with van der Waals surface area (Å²) in [6.45, 7) is 1.76. The van der Waals surface area contributed by atoms with Crippen LogP contribution < -0.4 is 0 Å². The van der Waals surface area contributed by atoms with Crippen LogP contribution in [0.15, 0.2) is 35.5 Å². The molecule has 5 nitrogen and oxygen atoms in total. The summed E-state index contributed by atoms with van der Waals surface area (Å²) in [5.41, 5.74) is -3.95. The molecule has 0 fully saturated rings. The van der Waals surface area contributed by atoms with Crippen LogP contribution in [0.25, 0.3) is 0 Å². The van der Waals surface area contributed by atoms with E-state index in [0.29, 0.717) is 5.71 Å². The molecule has 0 heterocycles. The predicted octanol–water partition coefficient (Wildman–Crippen LogP) is 2.28. The Bertz CT molecular complexity index is 496. The SMILES string of the molecule is CC(=NO)c1ccccc1.O=S(=O)(O)C(F)(F)F. The van der Waals surface area contributed by atoms with Crippen molar-refractivity contribution >= 4 is 15.8 Å². The van der Waals surface area contributed by atoms with Crippen molar-refractivity contribution in [3.05, 3.63) is 35.9 Å². The topological polar surface area (TPSA) is 87.0 Å². The van der Waals surface area contributed by atoms with Gasteiger partial charge in [-0.3, -0.25) is 4.55 Å². The minimum absolute atomic E-state index is 0.639. The summed E-state index contributed by atoms with van der Waals surface area (Å²) in [5, 5.41) is 11.5. The number of rotatable bonds is 1. The molecule has 0 amide bonds. The van der Waals surface area contributed by atoms with Gasteiger partial charge in [0, 0.05) is 0 Å². The minimum atomic E-state index is -5.84. The van der Waals surface area contributed by atoms with E-state index in [1.165, 1.54) is 0 Å². The van der Waals surface area contributed by atoms with Crippen molar-refractivity contribution in [2.75, 3.05) is 0 Å². The third kappa shape index (κ3) is 5.64. The Labute approximate surface area is 101 Å². The lowest BCUT2D eigenvalue weighted by Crippen LogP contribution is -2.21. The summed E-state index contributed by atoms with van der Waals surface area (Å²) < 4.78 is 57.5. The quantitative estimate of drug-likeness (QED) is 0.272. The zero-order chi connectivity index (χ0) is 14.4. The van der Waals surface area contributed by atoms with Gasteiger partial charge in [0.1, 0.15) is 0 Å². The number of halogens is 3. The maximum absolute atomic E-state index is 10.7. The fraction of sp³-hybridized carbons (Fsp3) is 0.222. The summed E-state index contributed by atoms with van der Waals surface area (Å²) in [6, 6.07) is 9.53. The van der Waals surface area contributed by atoms with Gasteiger partial charge in [-0.1, -0.05) is 35.5 Å². The molecule has 0 bridgehead atoms. The molecule has 0 unspecified atom stereocenters. The van der Waals surface area contributed by atoms with Crippen molar-refractivity contribution in [3.8, 4) is 0 Å². The molecule has 0 spiro atoms. The molecule has 1 aromatic carbocycles. The second-order valence-electron chi connectivity index (χ2n) is 2.97. The first-order valence-electron chi connectivity index (χ1n) is 4.37. The smallest absolute Gasteiger partial charge is 0.411 e. The van der Waals surface area contributed by atoms with E-state index in [1.807, 2.05) is 30.3 Å². The lowest BCUT2D eigenvalue weighted by atomic mass is 10.1. The van der Waals surface area contributed by atoms with E-state index >= 15 is 0 Å². The maximum Gasteiger partial charge on any atom is 0.522 e. The maximum atomic E-state index is 10.7. The van der Waals surface area contributed by atoms with E-state index in [4.69, 9.17) is 18.2 Å². The van der Waals surface area contributed by atoms with Gasteiger partial charge in [-0.25, -0.2) is 0 Å². The Morgan fingerprint density at radius 3 is 1.89 bits per heavy atom. The summed E-state index contributed by atoms with van der Waals surface area (Å²) in [4.78, 5) is 0. The summed E-state index contributed by atoms with van der Waals surface area (Å²) >= 11 is 0. The Balaban J connectivity index is 0.000000331. The van der Waals surface area contributed by atoms with Crippen molar-refractivity contribution in [1.82, 2.24) is 0 Å². The lowest BCUT2D eigenvalue weighted by Gasteiger charge is -1.97. The first kappa shape index (κ1) is 16.4. The van der Waals surface area contributed by atoms with Crippen LogP contribution in [-0.4, -0.2) is 29.4 Å². The van der Waals surface area contributed by atoms with Crippen LogP contribution >= 0.6 is 0 Å². The normalized spacial score (nSPS) is 12.6. The van der Waals surface area contributed by atoms with Gasteiger partial charge in [0.15, 0.2) is 0 Å². The number of oxime groups is 1. The highest BCUT2D eigenvalue weighted by Gasteiger charge is 2.44. The Morgan fingerprint density at radius 1 is 1.22 bits per heavy atom. The molecule has 9 heteroatoms. The fourth-order valence-electron chi connectivity index (χ4n) is 0.737. The van der Waals surface area contributed by atoms with Crippen LogP contribution in [0.1, 0.15) is 12.5 Å². The highest BCUT2D eigenvalue weighted by Crippen LogP contribution is 2.20. The first-order chi connectivity index (χ1) is 8.09. The molecule has 2 N–H and O–H groups in total. The third-order valence-electron chi connectivity index (χ3n) is 1.63. The third-order valence-corrected chi connectivity index (χ3v) is 2.22. The molecule has 1 rings (SSSR count). The molecule has 1 aromatic rings. The number of hydrogen-bond acceptors (Lipinski definition) is 4. The lowest BCUT2D eigenvalue weighted by molar-refractivity contribution is -0.0510. The number of nitrogens with zero attached hydrogens (tertiary/aromatic N) is 1. The molecule has 0 radical (unpaired) electrons. The van der Waals surface area contributed by atoms with Crippen molar-refractivity contribution in [2.45, 2.75) is 12.4 Å².